The largest absolute Gasteiger partial charge is 0.396 e. The van der Waals surface area contributed by atoms with Gasteiger partial charge in [0.1, 0.15) is 0 Å². The molecule has 0 aliphatic carbocycles. The lowest BCUT2D eigenvalue weighted by Crippen LogP contribution is -2.49. The van der Waals surface area contributed by atoms with Gasteiger partial charge in [0.25, 0.3) is 0 Å². The Balaban J connectivity index is 1.93. The first-order valence-electron chi connectivity index (χ1n) is 6.74. The van der Waals surface area contributed by atoms with Crippen molar-refractivity contribution in [3.05, 3.63) is 35.9 Å². The van der Waals surface area contributed by atoms with E-state index in [4.69, 9.17) is 0 Å². The summed E-state index contributed by atoms with van der Waals surface area (Å²) in [6, 6.07) is 11.1. The van der Waals surface area contributed by atoms with Crippen molar-refractivity contribution >= 4 is 0 Å². The smallest absolute Gasteiger partial charge is 0.0486 e. The molecule has 1 saturated heterocycles. The molecule has 0 saturated carbocycles. The molecule has 0 bridgehead atoms. The van der Waals surface area contributed by atoms with Crippen LogP contribution >= 0.6 is 0 Å². The molecule has 2 rings (SSSR count). The first-order valence-corrected chi connectivity index (χ1v) is 6.74. The number of hydrogen-bond acceptors (Lipinski definition) is 3. The minimum absolute atomic E-state index is 0.286. The summed E-state index contributed by atoms with van der Waals surface area (Å²) in [5, 5.41) is 9.54. The third kappa shape index (κ3) is 3.31. The molecule has 1 aromatic rings. The van der Waals surface area contributed by atoms with Crippen molar-refractivity contribution in [2.75, 3.05) is 33.8 Å². The Morgan fingerprint density at radius 1 is 1.28 bits per heavy atom. The highest BCUT2D eigenvalue weighted by molar-refractivity contribution is 5.14. The molecule has 0 amide bonds. The molecule has 1 heterocycles. The van der Waals surface area contributed by atoms with Gasteiger partial charge in [-0.1, -0.05) is 30.3 Å². The van der Waals surface area contributed by atoms with E-state index < -0.39 is 0 Å². The Morgan fingerprint density at radius 2 is 2.00 bits per heavy atom. The average molecular weight is 248 g/mol. The quantitative estimate of drug-likeness (QED) is 0.873. The van der Waals surface area contributed by atoms with E-state index in [0.717, 1.165) is 26.1 Å². The summed E-state index contributed by atoms with van der Waals surface area (Å²) in [6.07, 6.45) is 1.14. The monoisotopic (exact) mass is 248 g/mol. The summed E-state index contributed by atoms with van der Waals surface area (Å²) in [4.78, 5) is 4.71. The van der Waals surface area contributed by atoms with Gasteiger partial charge in [0.05, 0.1) is 0 Å². The zero-order valence-corrected chi connectivity index (χ0v) is 11.4. The van der Waals surface area contributed by atoms with Crippen molar-refractivity contribution in [2.24, 2.45) is 5.92 Å². The van der Waals surface area contributed by atoms with Crippen molar-refractivity contribution in [2.45, 2.75) is 19.0 Å². The summed E-state index contributed by atoms with van der Waals surface area (Å²) in [5.74, 6) is 0.373. The summed E-state index contributed by atoms with van der Waals surface area (Å²) < 4.78 is 0. The molecule has 100 valence electrons. The highest BCUT2D eigenvalue weighted by Gasteiger charge is 2.29. The van der Waals surface area contributed by atoms with E-state index in [1.165, 1.54) is 5.56 Å². The SMILES string of the molecule is CN(C)C1CCN(Cc2ccccc2)CC1CO. The van der Waals surface area contributed by atoms with Gasteiger partial charge in [-0.2, -0.15) is 0 Å². The number of hydrogen-bond donors (Lipinski definition) is 1. The van der Waals surface area contributed by atoms with Crippen LogP contribution < -0.4 is 0 Å². The maximum atomic E-state index is 9.54. The minimum atomic E-state index is 0.286. The molecule has 1 N–H and O–H groups in total. The van der Waals surface area contributed by atoms with Crippen LogP contribution in [0.5, 0.6) is 0 Å². The van der Waals surface area contributed by atoms with E-state index >= 15 is 0 Å². The fraction of sp³-hybridized carbons (Fsp3) is 0.600. The van der Waals surface area contributed by atoms with E-state index in [2.05, 4.69) is 54.2 Å². The number of benzene rings is 1. The molecule has 1 fully saturated rings. The van der Waals surface area contributed by atoms with Gasteiger partial charge in [0, 0.05) is 31.7 Å². The van der Waals surface area contributed by atoms with Crippen LogP contribution in [-0.2, 0) is 6.54 Å². The molecule has 1 aliphatic rings. The fourth-order valence-electron chi connectivity index (χ4n) is 2.94. The Kier molecular flexibility index (Phi) is 4.75. The Labute approximate surface area is 110 Å². The summed E-state index contributed by atoms with van der Waals surface area (Å²) in [7, 11) is 4.22. The van der Waals surface area contributed by atoms with Crippen LogP contribution in [0, 0.1) is 5.92 Å². The summed E-state index contributed by atoms with van der Waals surface area (Å²) >= 11 is 0. The fourth-order valence-corrected chi connectivity index (χ4v) is 2.94. The first kappa shape index (κ1) is 13.5. The van der Waals surface area contributed by atoms with Crippen LogP contribution in [0.25, 0.3) is 0 Å². The second-order valence-corrected chi connectivity index (χ2v) is 5.48. The van der Waals surface area contributed by atoms with E-state index in [1.54, 1.807) is 0 Å². The van der Waals surface area contributed by atoms with Crippen LogP contribution in [0.4, 0.5) is 0 Å². The van der Waals surface area contributed by atoms with Crippen LogP contribution in [0.1, 0.15) is 12.0 Å². The van der Waals surface area contributed by atoms with Crippen LogP contribution in [0.3, 0.4) is 0 Å². The van der Waals surface area contributed by atoms with Crippen molar-refractivity contribution in [3.8, 4) is 0 Å². The van der Waals surface area contributed by atoms with Crippen LogP contribution in [-0.4, -0.2) is 54.7 Å². The van der Waals surface area contributed by atoms with Crippen molar-refractivity contribution < 1.29 is 5.11 Å². The van der Waals surface area contributed by atoms with Gasteiger partial charge in [0.2, 0.25) is 0 Å². The van der Waals surface area contributed by atoms with Gasteiger partial charge >= 0.3 is 0 Å². The number of rotatable bonds is 4. The van der Waals surface area contributed by atoms with Gasteiger partial charge in [-0.3, -0.25) is 4.90 Å². The standard InChI is InChI=1S/C15H24N2O/c1-16(2)15-8-9-17(11-14(15)12-18)10-13-6-4-3-5-7-13/h3-7,14-15,18H,8-12H2,1-2H3. The van der Waals surface area contributed by atoms with E-state index in [0.29, 0.717) is 12.0 Å². The number of piperidine rings is 1. The first-order chi connectivity index (χ1) is 8.70. The van der Waals surface area contributed by atoms with Crippen molar-refractivity contribution in [1.29, 1.82) is 0 Å². The molecule has 18 heavy (non-hydrogen) atoms. The third-order valence-electron chi connectivity index (χ3n) is 3.92. The molecule has 2 unspecified atom stereocenters. The van der Waals surface area contributed by atoms with Crippen molar-refractivity contribution in [1.82, 2.24) is 9.80 Å². The molecule has 2 atom stereocenters. The second-order valence-electron chi connectivity index (χ2n) is 5.48. The third-order valence-corrected chi connectivity index (χ3v) is 3.92. The number of aliphatic hydroxyl groups is 1. The Hall–Kier alpha value is -0.900. The number of likely N-dealkylation sites (tertiary alicyclic amines) is 1. The van der Waals surface area contributed by atoms with Gasteiger partial charge in [-0.15, -0.1) is 0 Å². The Bertz CT molecular complexity index is 353. The van der Waals surface area contributed by atoms with Crippen molar-refractivity contribution in [3.63, 3.8) is 0 Å². The molecule has 1 aliphatic heterocycles. The van der Waals surface area contributed by atoms with Gasteiger partial charge < -0.3 is 10.0 Å². The molecule has 1 aromatic carbocycles. The Morgan fingerprint density at radius 3 is 2.61 bits per heavy atom. The highest BCUT2D eigenvalue weighted by Crippen LogP contribution is 2.21. The van der Waals surface area contributed by atoms with Crippen LogP contribution in [0.15, 0.2) is 30.3 Å². The molecule has 3 heteroatoms. The predicted molar refractivity (Wildman–Crippen MR) is 74.4 cm³/mol. The zero-order valence-electron chi connectivity index (χ0n) is 11.4. The maximum Gasteiger partial charge on any atom is 0.0486 e. The molecular formula is C15H24N2O. The molecular weight excluding hydrogens is 224 g/mol. The molecule has 0 aromatic heterocycles. The van der Waals surface area contributed by atoms with Gasteiger partial charge in [0.15, 0.2) is 0 Å². The normalized spacial score (nSPS) is 25.6. The zero-order chi connectivity index (χ0) is 13.0. The molecule has 0 spiro atoms. The van der Waals surface area contributed by atoms with Gasteiger partial charge in [-0.25, -0.2) is 0 Å². The van der Waals surface area contributed by atoms with E-state index in [9.17, 15) is 5.11 Å². The lowest BCUT2D eigenvalue weighted by Gasteiger charge is -2.40. The second kappa shape index (κ2) is 6.32. The summed E-state index contributed by atoms with van der Waals surface area (Å²) in [5.41, 5.74) is 1.36. The average Bonchev–Trinajstić information content (AvgIpc) is 2.39. The molecule has 3 nitrogen and oxygen atoms in total. The number of nitrogens with zero attached hydrogens (tertiary/aromatic N) is 2. The highest BCUT2D eigenvalue weighted by atomic mass is 16.3. The maximum absolute atomic E-state index is 9.54. The lowest BCUT2D eigenvalue weighted by molar-refractivity contribution is 0.0454. The van der Waals surface area contributed by atoms with Crippen LogP contribution in [0.2, 0.25) is 0 Å². The van der Waals surface area contributed by atoms with E-state index in [1.807, 2.05) is 0 Å². The van der Waals surface area contributed by atoms with E-state index in [-0.39, 0.29) is 6.61 Å². The van der Waals surface area contributed by atoms with Gasteiger partial charge in [-0.05, 0) is 32.6 Å². The topological polar surface area (TPSA) is 26.7 Å². The number of aliphatic hydroxyl groups excluding tert-OH is 1. The lowest BCUT2D eigenvalue weighted by atomic mass is 9.91. The summed E-state index contributed by atoms with van der Waals surface area (Å²) in [6.45, 7) is 3.40. The minimum Gasteiger partial charge on any atom is -0.396 e. The predicted octanol–water partition coefficient (Wildman–Crippen LogP) is 1.43. The molecule has 0 radical (unpaired) electrons.